The minimum atomic E-state index is -3.78. The summed E-state index contributed by atoms with van der Waals surface area (Å²) in [6.45, 7) is 1.78. The molecule has 0 spiro atoms. The molecule has 0 aliphatic carbocycles. The Bertz CT molecular complexity index is 694. The molecule has 0 radical (unpaired) electrons. The lowest BCUT2D eigenvalue weighted by atomic mass is 10.1. The third-order valence-electron chi connectivity index (χ3n) is 3.85. The van der Waals surface area contributed by atoms with E-state index in [1.54, 1.807) is 0 Å². The van der Waals surface area contributed by atoms with E-state index in [-0.39, 0.29) is 34.1 Å². The van der Waals surface area contributed by atoms with Gasteiger partial charge in [-0.2, -0.15) is 4.31 Å². The van der Waals surface area contributed by atoms with Crippen LogP contribution in [-0.4, -0.2) is 50.0 Å². The molecular formula is C14H21Cl2N3O5S. The quantitative estimate of drug-likeness (QED) is 0.415. The monoisotopic (exact) mass is 413 g/mol. The zero-order valence-corrected chi connectivity index (χ0v) is 15.9. The van der Waals surface area contributed by atoms with Crippen molar-refractivity contribution >= 4 is 39.7 Å². The maximum atomic E-state index is 12.7. The highest BCUT2D eigenvalue weighted by Gasteiger charge is 2.31. The van der Waals surface area contributed by atoms with E-state index in [4.69, 9.17) is 22.1 Å². The molecule has 142 valence electrons. The van der Waals surface area contributed by atoms with Crippen LogP contribution in [0.5, 0.6) is 0 Å². The van der Waals surface area contributed by atoms with Gasteiger partial charge in [-0.05, 0) is 31.9 Å². The molecule has 11 heteroatoms. The standard InChI is InChI=1S/C14H20ClN3O5S.ClH/c15-13-10-11(18(19)20)2-3-14(13)24(21,22)17-7-4-12(5-8-17)23-9-1-6-16;/h2-3,10,12H,1,4-9,16H2;1H. The smallest absolute Gasteiger partial charge is 0.271 e. The molecule has 1 aromatic carbocycles. The maximum Gasteiger partial charge on any atom is 0.271 e. The van der Waals surface area contributed by atoms with E-state index in [1.165, 1.54) is 10.4 Å². The summed E-state index contributed by atoms with van der Waals surface area (Å²) in [5.74, 6) is 0. The van der Waals surface area contributed by atoms with Crippen LogP contribution in [0.2, 0.25) is 5.02 Å². The summed E-state index contributed by atoms with van der Waals surface area (Å²) >= 11 is 5.94. The summed E-state index contributed by atoms with van der Waals surface area (Å²) in [5.41, 5.74) is 5.16. The Morgan fingerprint density at radius 1 is 1.36 bits per heavy atom. The lowest BCUT2D eigenvalue weighted by Gasteiger charge is -2.31. The van der Waals surface area contributed by atoms with Crippen molar-refractivity contribution < 1.29 is 18.1 Å². The summed E-state index contributed by atoms with van der Waals surface area (Å²) in [4.78, 5) is 9.99. The van der Waals surface area contributed by atoms with E-state index in [0.29, 0.717) is 39.1 Å². The van der Waals surface area contributed by atoms with E-state index in [9.17, 15) is 18.5 Å². The molecule has 1 heterocycles. The Labute approximate surface area is 157 Å². The highest BCUT2D eigenvalue weighted by molar-refractivity contribution is 7.89. The van der Waals surface area contributed by atoms with Gasteiger partial charge in [0.15, 0.2) is 0 Å². The van der Waals surface area contributed by atoms with Gasteiger partial charge in [0.2, 0.25) is 10.0 Å². The molecule has 1 aromatic rings. The Kier molecular flexibility index (Phi) is 8.52. The topological polar surface area (TPSA) is 116 Å². The fraction of sp³-hybridized carbons (Fsp3) is 0.571. The molecule has 0 unspecified atom stereocenters. The van der Waals surface area contributed by atoms with Crippen LogP contribution in [-0.2, 0) is 14.8 Å². The molecular weight excluding hydrogens is 393 g/mol. The van der Waals surface area contributed by atoms with Gasteiger partial charge >= 0.3 is 0 Å². The van der Waals surface area contributed by atoms with Gasteiger partial charge in [0, 0.05) is 31.8 Å². The zero-order chi connectivity index (χ0) is 17.7. The SMILES string of the molecule is Cl.NCCCOC1CCN(S(=O)(=O)c2ccc([N+](=O)[O-])cc2Cl)CC1. The van der Waals surface area contributed by atoms with Crippen molar-refractivity contribution in [2.24, 2.45) is 5.73 Å². The molecule has 2 N–H and O–H groups in total. The second kappa shape index (κ2) is 9.65. The second-order valence-corrected chi connectivity index (χ2v) is 7.80. The van der Waals surface area contributed by atoms with Crippen molar-refractivity contribution in [3.05, 3.63) is 33.3 Å². The zero-order valence-electron chi connectivity index (χ0n) is 13.5. The number of rotatable bonds is 7. The van der Waals surface area contributed by atoms with Gasteiger partial charge in [-0.3, -0.25) is 10.1 Å². The fourth-order valence-electron chi connectivity index (χ4n) is 2.52. The van der Waals surface area contributed by atoms with Gasteiger partial charge in [-0.1, -0.05) is 11.6 Å². The van der Waals surface area contributed by atoms with Gasteiger partial charge in [-0.15, -0.1) is 12.4 Å². The van der Waals surface area contributed by atoms with Gasteiger partial charge < -0.3 is 10.5 Å². The first-order valence-electron chi connectivity index (χ1n) is 7.62. The molecule has 8 nitrogen and oxygen atoms in total. The average Bonchev–Trinajstić information content (AvgIpc) is 2.55. The summed E-state index contributed by atoms with van der Waals surface area (Å²) < 4.78 is 32.3. The molecule has 0 aromatic heterocycles. The molecule has 0 amide bonds. The van der Waals surface area contributed by atoms with Crippen molar-refractivity contribution in [3.63, 3.8) is 0 Å². The first-order valence-corrected chi connectivity index (χ1v) is 9.44. The molecule has 25 heavy (non-hydrogen) atoms. The number of nitrogens with zero attached hydrogens (tertiary/aromatic N) is 2. The van der Waals surface area contributed by atoms with Crippen LogP contribution in [0.25, 0.3) is 0 Å². The van der Waals surface area contributed by atoms with Crippen LogP contribution in [0.1, 0.15) is 19.3 Å². The number of hydrogen-bond acceptors (Lipinski definition) is 6. The molecule has 1 fully saturated rings. The molecule has 2 rings (SSSR count). The molecule has 0 saturated carbocycles. The van der Waals surface area contributed by atoms with Gasteiger partial charge in [0.05, 0.1) is 16.0 Å². The number of ether oxygens (including phenoxy) is 1. The van der Waals surface area contributed by atoms with Gasteiger partial charge in [0.1, 0.15) is 4.90 Å². The summed E-state index contributed by atoms with van der Waals surface area (Å²) in [6, 6.07) is 3.37. The minimum Gasteiger partial charge on any atom is -0.378 e. The third-order valence-corrected chi connectivity index (χ3v) is 6.23. The van der Waals surface area contributed by atoms with E-state index >= 15 is 0 Å². The van der Waals surface area contributed by atoms with E-state index in [1.807, 2.05) is 0 Å². The summed E-state index contributed by atoms with van der Waals surface area (Å²) in [5, 5.41) is 10.6. The average molecular weight is 414 g/mol. The van der Waals surface area contributed by atoms with Crippen molar-refractivity contribution in [3.8, 4) is 0 Å². The first-order chi connectivity index (χ1) is 11.4. The van der Waals surface area contributed by atoms with Crippen LogP contribution >= 0.6 is 24.0 Å². The molecule has 1 aliphatic rings. The van der Waals surface area contributed by atoms with E-state index in [0.717, 1.165) is 18.6 Å². The summed E-state index contributed by atoms with van der Waals surface area (Å²) in [6.07, 6.45) is 1.98. The predicted octanol–water partition coefficient (Wildman–Crippen LogP) is 2.19. The highest BCUT2D eigenvalue weighted by Crippen LogP contribution is 2.30. The highest BCUT2D eigenvalue weighted by atomic mass is 35.5. The number of nitro groups is 1. The van der Waals surface area contributed by atoms with Crippen LogP contribution in [0.4, 0.5) is 5.69 Å². The van der Waals surface area contributed by atoms with E-state index in [2.05, 4.69) is 0 Å². The Hall–Kier alpha value is -0.970. The number of nitrogens with two attached hydrogens (primary N) is 1. The number of non-ortho nitro benzene ring substituents is 1. The molecule has 1 saturated heterocycles. The number of nitro benzene ring substituents is 1. The fourth-order valence-corrected chi connectivity index (χ4v) is 4.51. The number of piperidine rings is 1. The van der Waals surface area contributed by atoms with Crippen molar-refractivity contribution in [1.82, 2.24) is 4.31 Å². The van der Waals surface area contributed by atoms with Gasteiger partial charge in [-0.25, -0.2) is 8.42 Å². The normalized spacial score (nSPS) is 16.4. The van der Waals surface area contributed by atoms with Crippen LogP contribution in [0.15, 0.2) is 23.1 Å². The number of halogens is 2. The third kappa shape index (κ3) is 5.50. The minimum absolute atomic E-state index is 0. The Balaban J connectivity index is 0.00000312. The predicted molar refractivity (Wildman–Crippen MR) is 96.8 cm³/mol. The van der Waals surface area contributed by atoms with Crippen molar-refractivity contribution in [2.45, 2.75) is 30.3 Å². The first kappa shape index (κ1) is 22.1. The van der Waals surface area contributed by atoms with Crippen LogP contribution < -0.4 is 5.73 Å². The van der Waals surface area contributed by atoms with Crippen LogP contribution in [0.3, 0.4) is 0 Å². The van der Waals surface area contributed by atoms with Crippen molar-refractivity contribution in [2.75, 3.05) is 26.2 Å². The lowest BCUT2D eigenvalue weighted by molar-refractivity contribution is -0.384. The maximum absolute atomic E-state index is 12.7. The van der Waals surface area contributed by atoms with E-state index < -0.39 is 14.9 Å². The second-order valence-electron chi connectivity index (χ2n) is 5.49. The Morgan fingerprint density at radius 3 is 2.52 bits per heavy atom. The molecule has 0 bridgehead atoms. The number of benzene rings is 1. The van der Waals surface area contributed by atoms with Crippen LogP contribution in [0, 0.1) is 10.1 Å². The largest absolute Gasteiger partial charge is 0.378 e. The number of hydrogen-bond donors (Lipinski definition) is 1. The molecule has 1 aliphatic heterocycles. The number of sulfonamides is 1. The van der Waals surface area contributed by atoms with Crippen molar-refractivity contribution in [1.29, 1.82) is 0 Å². The lowest BCUT2D eigenvalue weighted by Crippen LogP contribution is -2.41. The Morgan fingerprint density at radius 2 is 2.00 bits per heavy atom. The summed E-state index contributed by atoms with van der Waals surface area (Å²) in [7, 11) is -3.78. The molecule has 0 atom stereocenters. The van der Waals surface area contributed by atoms with Gasteiger partial charge in [0.25, 0.3) is 5.69 Å².